The zero-order chi connectivity index (χ0) is 11.3. The van der Waals surface area contributed by atoms with Gasteiger partial charge in [-0.25, -0.2) is 0 Å². The van der Waals surface area contributed by atoms with Gasteiger partial charge in [-0.3, -0.25) is 4.79 Å². The van der Waals surface area contributed by atoms with Crippen molar-refractivity contribution in [3.63, 3.8) is 0 Å². The largest absolute Gasteiger partial charge is 0.465 e. The van der Waals surface area contributed by atoms with E-state index >= 15 is 0 Å². The second-order valence-corrected chi connectivity index (χ2v) is 4.45. The number of hydrogen-bond acceptors (Lipinski definition) is 2. The predicted octanol–water partition coefficient (Wildman–Crippen LogP) is 3.32. The van der Waals surface area contributed by atoms with Crippen LogP contribution in [-0.2, 0) is 9.53 Å². The summed E-state index contributed by atoms with van der Waals surface area (Å²) >= 11 is 0. The van der Waals surface area contributed by atoms with Crippen LogP contribution in [0.25, 0.3) is 0 Å². The molecule has 1 saturated heterocycles. The highest BCUT2D eigenvalue weighted by atomic mass is 16.5. The lowest BCUT2D eigenvalue weighted by atomic mass is 9.94. The molecule has 0 saturated carbocycles. The van der Waals surface area contributed by atoms with Crippen LogP contribution in [-0.4, -0.2) is 12.6 Å². The summed E-state index contributed by atoms with van der Waals surface area (Å²) in [7, 11) is 0. The normalized spacial score (nSPS) is 22.3. The van der Waals surface area contributed by atoms with Gasteiger partial charge >= 0.3 is 5.97 Å². The van der Waals surface area contributed by atoms with Crippen LogP contribution in [0.3, 0.4) is 0 Å². The molecule has 1 unspecified atom stereocenters. The topological polar surface area (TPSA) is 26.3 Å². The molecule has 0 amide bonds. The molecule has 0 spiro atoms. The lowest BCUT2D eigenvalue weighted by Crippen LogP contribution is -2.08. The Morgan fingerprint density at radius 3 is 2.67 bits per heavy atom. The van der Waals surface area contributed by atoms with E-state index in [-0.39, 0.29) is 11.9 Å². The minimum Gasteiger partial charge on any atom is -0.465 e. The number of rotatable bonds is 5. The van der Waals surface area contributed by atoms with E-state index in [2.05, 4.69) is 26.8 Å². The van der Waals surface area contributed by atoms with Crippen LogP contribution in [0.15, 0.2) is 11.6 Å². The molecule has 1 aliphatic heterocycles. The maximum absolute atomic E-state index is 11.3. The maximum Gasteiger partial charge on any atom is 0.309 e. The quantitative estimate of drug-likeness (QED) is 0.514. The van der Waals surface area contributed by atoms with Crippen molar-refractivity contribution >= 4 is 5.97 Å². The third-order valence-electron chi connectivity index (χ3n) is 3.18. The molecule has 0 aromatic rings. The summed E-state index contributed by atoms with van der Waals surface area (Å²) in [6, 6.07) is 0. The Morgan fingerprint density at radius 1 is 1.53 bits per heavy atom. The average molecular weight is 210 g/mol. The Kier molecular flexibility index (Phi) is 4.86. The molecule has 0 aromatic carbocycles. The standard InChI is InChI=1S/C13H22O2/c1-4-11(5-2)8-10(3)9-12-6-7-15-13(12)14/h8,11-12H,4-7,9H2,1-3H3/b10-8+. The van der Waals surface area contributed by atoms with E-state index in [1.165, 1.54) is 18.4 Å². The van der Waals surface area contributed by atoms with Gasteiger partial charge < -0.3 is 4.74 Å². The lowest BCUT2D eigenvalue weighted by Gasteiger charge is -2.10. The molecular formula is C13H22O2. The minimum atomic E-state index is -0.00713. The molecule has 0 N–H and O–H groups in total. The van der Waals surface area contributed by atoms with Gasteiger partial charge in [0.2, 0.25) is 0 Å². The first-order valence-corrected chi connectivity index (χ1v) is 6.01. The van der Waals surface area contributed by atoms with Crippen molar-refractivity contribution in [1.82, 2.24) is 0 Å². The molecule has 2 nitrogen and oxygen atoms in total. The highest BCUT2D eigenvalue weighted by Crippen LogP contribution is 2.23. The molecule has 1 aliphatic rings. The van der Waals surface area contributed by atoms with Gasteiger partial charge in [0.25, 0.3) is 0 Å². The maximum atomic E-state index is 11.3. The summed E-state index contributed by atoms with van der Waals surface area (Å²) in [5.41, 5.74) is 1.34. The first-order valence-electron chi connectivity index (χ1n) is 6.01. The number of carbonyl (C=O) groups is 1. The third kappa shape index (κ3) is 3.69. The van der Waals surface area contributed by atoms with Crippen molar-refractivity contribution in [2.75, 3.05) is 6.61 Å². The molecule has 86 valence electrons. The van der Waals surface area contributed by atoms with Gasteiger partial charge in [-0.1, -0.05) is 25.5 Å². The van der Waals surface area contributed by atoms with Crippen molar-refractivity contribution < 1.29 is 9.53 Å². The first kappa shape index (κ1) is 12.3. The zero-order valence-corrected chi connectivity index (χ0v) is 10.1. The fourth-order valence-electron chi connectivity index (χ4n) is 2.11. The van der Waals surface area contributed by atoms with Crippen LogP contribution in [0.2, 0.25) is 0 Å². The van der Waals surface area contributed by atoms with Gasteiger partial charge in [0.15, 0.2) is 0 Å². The van der Waals surface area contributed by atoms with Crippen molar-refractivity contribution in [3.05, 3.63) is 11.6 Å². The Labute approximate surface area is 92.7 Å². The van der Waals surface area contributed by atoms with E-state index in [9.17, 15) is 4.79 Å². The van der Waals surface area contributed by atoms with Gasteiger partial charge in [-0.15, -0.1) is 0 Å². The fraction of sp³-hybridized carbons (Fsp3) is 0.769. The molecule has 1 atom stereocenters. The van der Waals surface area contributed by atoms with E-state index < -0.39 is 0 Å². The molecule has 0 aliphatic carbocycles. The monoisotopic (exact) mass is 210 g/mol. The van der Waals surface area contributed by atoms with Gasteiger partial charge in [0.05, 0.1) is 12.5 Å². The van der Waals surface area contributed by atoms with Crippen molar-refractivity contribution in [2.45, 2.75) is 46.5 Å². The van der Waals surface area contributed by atoms with Gasteiger partial charge in [0, 0.05) is 0 Å². The van der Waals surface area contributed by atoms with Gasteiger partial charge in [-0.05, 0) is 38.5 Å². The Hall–Kier alpha value is -0.790. The van der Waals surface area contributed by atoms with E-state index in [4.69, 9.17) is 4.74 Å². The number of hydrogen-bond donors (Lipinski definition) is 0. The Balaban J connectivity index is 2.46. The molecular weight excluding hydrogens is 188 g/mol. The van der Waals surface area contributed by atoms with Crippen molar-refractivity contribution in [1.29, 1.82) is 0 Å². The van der Waals surface area contributed by atoms with E-state index in [1.807, 2.05) is 0 Å². The highest BCUT2D eigenvalue weighted by Gasteiger charge is 2.26. The summed E-state index contributed by atoms with van der Waals surface area (Å²) in [5, 5.41) is 0. The van der Waals surface area contributed by atoms with Crippen LogP contribution in [0.1, 0.15) is 46.5 Å². The third-order valence-corrected chi connectivity index (χ3v) is 3.18. The summed E-state index contributed by atoms with van der Waals surface area (Å²) in [5.74, 6) is 0.783. The predicted molar refractivity (Wildman–Crippen MR) is 61.5 cm³/mol. The number of esters is 1. The van der Waals surface area contributed by atoms with E-state index in [1.54, 1.807) is 0 Å². The number of carbonyl (C=O) groups excluding carboxylic acids is 1. The minimum absolute atomic E-state index is 0.00713. The van der Waals surface area contributed by atoms with E-state index in [0.717, 1.165) is 12.8 Å². The van der Waals surface area contributed by atoms with Crippen LogP contribution in [0.4, 0.5) is 0 Å². The van der Waals surface area contributed by atoms with Gasteiger partial charge in [-0.2, -0.15) is 0 Å². The molecule has 0 radical (unpaired) electrons. The second-order valence-electron chi connectivity index (χ2n) is 4.45. The molecule has 0 aromatic heterocycles. The molecule has 1 fully saturated rings. The van der Waals surface area contributed by atoms with Crippen molar-refractivity contribution in [2.24, 2.45) is 11.8 Å². The van der Waals surface area contributed by atoms with Crippen LogP contribution < -0.4 is 0 Å². The van der Waals surface area contributed by atoms with Crippen molar-refractivity contribution in [3.8, 4) is 0 Å². The Morgan fingerprint density at radius 2 is 2.20 bits per heavy atom. The smallest absolute Gasteiger partial charge is 0.309 e. The lowest BCUT2D eigenvalue weighted by molar-refractivity contribution is -0.141. The summed E-state index contributed by atoms with van der Waals surface area (Å²) < 4.78 is 4.96. The fourth-order valence-corrected chi connectivity index (χ4v) is 2.11. The number of cyclic esters (lactones) is 1. The second kappa shape index (κ2) is 5.94. The van der Waals surface area contributed by atoms with Crippen LogP contribution in [0, 0.1) is 11.8 Å². The molecule has 1 rings (SSSR count). The molecule has 1 heterocycles. The molecule has 15 heavy (non-hydrogen) atoms. The van der Waals surface area contributed by atoms with E-state index in [0.29, 0.717) is 12.5 Å². The summed E-state index contributed by atoms with van der Waals surface area (Å²) in [6.45, 7) is 7.16. The zero-order valence-electron chi connectivity index (χ0n) is 10.1. The average Bonchev–Trinajstić information content (AvgIpc) is 2.61. The van der Waals surface area contributed by atoms with Crippen LogP contribution >= 0.6 is 0 Å². The van der Waals surface area contributed by atoms with Gasteiger partial charge in [0.1, 0.15) is 0 Å². The number of ether oxygens (including phenoxy) is 1. The summed E-state index contributed by atoms with van der Waals surface area (Å²) in [6.07, 6.45) is 6.47. The summed E-state index contributed by atoms with van der Waals surface area (Å²) in [4.78, 5) is 11.3. The molecule has 0 bridgehead atoms. The Bertz CT molecular complexity index is 239. The van der Waals surface area contributed by atoms with Crippen LogP contribution in [0.5, 0.6) is 0 Å². The SMILES string of the molecule is CCC(/C=C(\C)CC1CCOC1=O)CC. The first-order chi connectivity index (χ1) is 7.17. The molecule has 2 heteroatoms. The number of allylic oxidation sites excluding steroid dienone is 2. The highest BCUT2D eigenvalue weighted by molar-refractivity contribution is 5.74.